The highest BCUT2D eigenvalue weighted by atomic mass is 35.5. The highest BCUT2D eigenvalue weighted by Crippen LogP contribution is 2.34. The average molecular weight is 455 g/mol. The number of fused-ring (bicyclic) bond motifs is 1. The molecule has 1 aliphatic rings. The summed E-state index contributed by atoms with van der Waals surface area (Å²) in [6.07, 6.45) is 0.384. The molecule has 9 heteroatoms. The number of ether oxygens (including phenoxy) is 1. The summed E-state index contributed by atoms with van der Waals surface area (Å²) in [4.78, 5) is 16.2. The smallest absolute Gasteiger partial charge is 0.292 e. The van der Waals surface area contributed by atoms with E-state index in [2.05, 4.69) is 15.2 Å². The van der Waals surface area contributed by atoms with Gasteiger partial charge in [-0.1, -0.05) is 28.9 Å². The van der Waals surface area contributed by atoms with E-state index in [1.165, 1.54) is 16.0 Å². The van der Waals surface area contributed by atoms with E-state index in [1.807, 2.05) is 42.5 Å². The van der Waals surface area contributed by atoms with Crippen molar-refractivity contribution in [2.24, 2.45) is 0 Å². The number of methoxy groups -OCH3 is 1. The zero-order valence-corrected chi connectivity index (χ0v) is 18.2. The van der Waals surface area contributed by atoms with E-state index in [0.29, 0.717) is 33.2 Å². The zero-order valence-electron chi connectivity index (χ0n) is 16.7. The molecule has 0 bridgehead atoms. The molecule has 1 N–H and O–H groups in total. The second-order valence-corrected chi connectivity index (χ2v) is 8.87. The molecule has 158 valence electrons. The fraction of sp³-hybridized carbons (Fsp3) is 0.227. The van der Waals surface area contributed by atoms with Gasteiger partial charge in [-0.2, -0.15) is 4.68 Å². The molecule has 0 aliphatic carbocycles. The summed E-state index contributed by atoms with van der Waals surface area (Å²) in [5.41, 5.74) is 2.75. The van der Waals surface area contributed by atoms with Crippen molar-refractivity contribution < 1.29 is 9.84 Å². The van der Waals surface area contributed by atoms with Gasteiger partial charge in [-0.05, 0) is 42.3 Å². The van der Waals surface area contributed by atoms with Gasteiger partial charge in [-0.25, -0.2) is 0 Å². The minimum Gasteiger partial charge on any atom is -0.495 e. The first-order chi connectivity index (χ1) is 15.0. The largest absolute Gasteiger partial charge is 0.495 e. The summed E-state index contributed by atoms with van der Waals surface area (Å²) in [5, 5.41) is 18.9. The molecule has 0 radical (unpaired) electrons. The van der Waals surface area contributed by atoms with Gasteiger partial charge in [0.25, 0.3) is 5.56 Å². The van der Waals surface area contributed by atoms with Gasteiger partial charge >= 0.3 is 0 Å². The van der Waals surface area contributed by atoms with Crippen LogP contribution in [0.25, 0.3) is 26.3 Å². The Morgan fingerprint density at radius 2 is 2.00 bits per heavy atom. The van der Waals surface area contributed by atoms with Crippen molar-refractivity contribution >= 4 is 38.8 Å². The minimum atomic E-state index is -0.339. The summed E-state index contributed by atoms with van der Waals surface area (Å²) < 4.78 is 7.38. The molecule has 0 saturated carbocycles. The third-order valence-electron chi connectivity index (χ3n) is 5.38. The first-order valence-electron chi connectivity index (χ1n) is 9.80. The second-order valence-electron chi connectivity index (χ2n) is 7.38. The molecule has 0 amide bonds. The van der Waals surface area contributed by atoms with Crippen molar-refractivity contribution in [2.45, 2.75) is 12.5 Å². The average Bonchev–Trinajstić information content (AvgIpc) is 3.41. The molecule has 1 aliphatic heterocycles. The predicted octanol–water partition coefficient (Wildman–Crippen LogP) is 3.74. The molecule has 1 fully saturated rings. The van der Waals surface area contributed by atoms with Gasteiger partial charge in [0.15, 0.2) is 0 Å². The van der Waals surface area contributed by atoms with Crippen LogP contribution in [0.1, 0.15) is 6.42 Å². The van der Waals surface area contributed by atoms with Crippen LogP contribution in [-0.2, 0) is 0 Å². The lowest BCUT2D eigenvalue weighted by atomic mass is 10.2. The Morgan fingerprint density at radius 3 is 2.71 bits per heavy atom. The van der Waals surface area contributed by atoms with Gasteiger partial charge in [0.1, 0.15) is 16.0 Å². The zero-order chi connectivity index (χ0) is 21.5. The number of aliphatic hydroxyl groups is 1. The number of anilines is 1. The topological polar surface area (TPSA) is 80.5 Å². The summed E-state index contributed by atoms with van der Waals surface area (Å²) in [6, 6.07) is 14.8. The Bertz CT molecular complexity index is 1320. The van der Waals surface area contributed by atoms with Crippen molar-refractivity contribution in [1.82, 2.24) is 15.0 Å². The van der Waals surface area contributed by atoms with E-state index in [-0.39, 0.29) is 11.7 Å². The molecule has 2 aromatic heterocycles. The molecule has 1 saturated heterocycles. The summed E-state index contributed by atoms with van der Waals surface area (Å²) in [5.74, 6) is 0.619. The fourth-order valence-corrected chi connectivity index (χ4v) is 4.93. The van der Waals surface area contributed by atoms with E-state index < -0.39 is 0 Å². The number of hydrogen-bond donors (Lipinski definition) is 1. The minimum absolute atomic E-state index is 0.235. The normalized spacial score (nSPS) is 16.2. The number of β-amino-alcohol motifs (C(OH)–C–C–N with tert-alkyl or cyclic N) is 1. The van der Waals surface area contributed by atoms with Crippen LogP contribution in [0.2, 0.25) is 5.02 Å². The highest BCUT2D eigenvalue weighted by Gasteiger charge is 2.23. The maximum Gasteiger partial charge on any atom is 0.292 e. The van der Waals surface area contributed by atoms with Crippen molar-refractivity contribution in [3.8, 4) is 21.9 Å². The van der Waals surface area contributed by atoms with Gasteiger partial charge in [0, 0.05) is 29.1 Å². The fourth-order valence-electron chi connectivity index (χ4n) is 3.78. The summed E-state index contributed by atoms with van der Waals surface area (Å²) in [7, 11) is 1.59. The third kappa shape index (κ3) is 3.67. The van der Waals surface area contributed by atoms with Crippen LogP contribution in [0, 0.1) is 0 Å². The molecule has 4 aromatic rings. The Labute approximate surface area is 187 Å². The monoisotopic (exact) mass is 454 g/mol. The molecule has 2 aromatic carbocycles. The van der Waals surface area contributed by atoms with Gasteiger partial charge < -0.3 is 14.7 Å². The third-order valence-corrected chi connectivity index (χ3v) is 6.79. The van der Waals surface area contributed by atoms with E-state index in [4.69, 9.17) is 16.3 Å². The molecule has 3 heterocycles. The highest BCUT2D eigenvalue weighted by molar-refractivity contribution is 7.22. The van der Waals surface area contributed by atoms with E-state index in [0.717, 1.165) is 29.1 Å². The van der Waals surface area contributed by atoms with E-state index in [1.54, 1.807) is 13.2 Å². The molecular formula is C22H19ClN4O3S. The first kappa shape index (κ1) is 20.0. The quantitative estimate of drug-likeness (QED) is 0.506. The Hall–Kier alpha value is -2.94. The molecule has 5 rings (SSSR count). The van der Waals surface area contributed by atoms with Crippen LogP contribution in [0.15, 0.2) is 53.3 Å². The van der Waals surface area contributed by atoms with E-state index in [9.17, 15) is 9.90 Å². The maximum absolute atomic E-state index is 13.2. The lowest BCUT2D eigenvalue weighted by molar-refractivity contribution is 0.198. The van der Waals surface area contributed by atoms with Crippen LogP contribution >= 0.6 is 22.9 Å². The SMILES string of the molecule is COc1cc(-n2nnc3cc(-c4ccc(Cl)cc4)sc3c2=O)ccc1N1CC[C@H](O)C1. The lowest BCUT2D eigenvalue weighted by Gasteiger charge is -2.21. The van der Waals surface area contributed by atoms with Crippen LogP contribution in [-0.4, -0.2) is 46.4 Å². The molecule has 0 spiro atoms. The number of thiophene rings is 1. The lowest BCUT2D eigenvalue weighted by Crippen LogP contribution is -2.23. The molecule has 31 heavy (non-hydrogen) atoms. The van der Waals surface area contributed by atoms with Gasteiger partial charge in [0.2, 0.25) is 0 Å². The van der Waals surface area contributed by atoms with Crippen LogP contribution in [0.3, 0.4) is 0 Å². The maximum atomic E-state index is 13.2. The number of halogens is 1. The van der Waals surface area contributed by atoms with Crippen LogP contribution in [0.4, 0.5) is 5.69 Å². The number of hydrogen-bond acceptors (Lipinski definition) is 7. The Kier molecular flexibility index (Phi) is 5.13. The van der Waals surface area contributed by atoms with Gasteiger partial charge in [-0.3, -0.25) is 4.79 Å². The number of nitrogens with zero attached hydrogens (tertiary/aromatic N) is 4. The number of rotatable bonds is 4. The first-order valence-corrected chi connectivity index (χ1v) is 11.0. The predicted molar refractivity (Wildman–Crippen MR) is 123 cm³/mol. The van der Waals surface area contributed by atoms with Crippen molar-refractivity contribution in [3.05, 3.63) is 63.9 Å². The summed E-state index contributed by atoms with van der Waals surface area (Å²) in [6.45, 7) is 1.31. The standard InChI is InChI=1S/C22H19ClN4O3S/c1-30-19-10-15(6-7-18(19)26-9-8-16(28)12-26)27-22(29)21-17(24-25-27)11-20(31-21)13-2-4-14(23)5-3-13/h2-7,10-11,16,28H,8-9,12H2,1H3/t16-/m0/s1. The number of benzene rings is 2. The van der Waals surface area contributed by atoms with Gasteiger partial charge in [0.05, 0.1) is 24.6 Å². The van der Waals surface area contributed by atoms with Crippen LogP contribution < -0.4 is 15.2 Å². The van der Waals surface area contributed by atoms with Crippen molar-refractivity contribution in [3.63, 3.8) is 0 Å². The molecular weight excluding hydrogens is 436 g/mol. The van der Waals surface area contributed by atoms with E-state index >= 15 is 0 Å². The Morgan fingerprint density at radius 1 is 1.19 bits per heavy atom. The van der Waals surface area contributed by atoms with Crippen LogP contribution in [0.5, 0.6) is 5.75 Å². The number of aromatic nitrogens is 3. The second kappa shape index (κ2) is 7.96. The summed E-state index contributed by atoms with van der Waals surface area (Å²) >= 11 is 7.36. The Balaban J connectivity index is 1.55. The molecule has 1 atom stereocenters. The number of aliphatic hydroxyl groups excluding tert-OH is 1. The van der Waals surface area contributed by atoms with Gasteiger partial charge in [-0.15, -0.1) is 16.4 Å². The van der Waals surface area contributed by atoms with Crippen molar-refractivity contribution in [1.29, 1.82) is 0 Å². The van der Waals surface area contributed by atoms with Crippen molar-refractivity contribution in [2.75, 3.05) is 25.1 Å². The molecule has 7 nitrogen and oxygen atoms in total. The molecule has 0 unspecified atom stereocenters.